The maximum absolute atomic E-state index is 13.2. The summed E-state index contributed by atoms with van der Waals surface area (Å²) in [4.78, 5) is 0. The van der Waals surface area contributed by atoms with E-state index < -0.39 is 18.3 Å². The summed E-state index contributed by atoms with van der Waals surface area (Å²) in [5, 5.41) is 6.87. The molecule has 0 saturated carbocycles. The molecule has 1 aliphatic heterocycles. The van der Waals surface area contributed by atoms with Gasteiger partial charge in [0.1, 0.15) is 11.6 Å². The van der Waals surface area contributed by atoms with E-state index in [0.29, 0.717) is 11.6 Å². The minimum absolute atomic E-state index is 0.106. The van der Waals surface area contributed by atoms with Crippen molar-refractivity contribution in [1.29, 1.82) is 0 Å². The maximum Gasteiger partial charge on any atom is 0.410 e. The quantitative estimate of drug-likeness (QED) is 0.921. The topological polar surface area (TPSA) is 39.1 Å². The summed E-state index contributed by atoms with van der Waals surface area (Å²) in [5.41, 5.74) is 0.760. The van der Waals surface area contributed by atoms with Crippen LogP contribution in [-0.2, 0) is 0 Å². The number of ether oxygens (including phenoxy) is 1. The van der Waals surface area contributed by atoms with Crippen molar-refractivity contribution in [2.45, 2.75) is 24.7 Å². The van der Waals surface area contributed by atoms with E-state index in [1.54, 1.807) is 30.3 Å². The van der Waals surface area contributed by atoms with Crippen LogP contribution in [0.3, 0.4) is 0 Å². The number of fused-ring (bicyclic) bond motifs is 1. The second kappa shape index (κ2) is 4.98. The van der Waals surface area contributed by atoms with Crippen LogP contribution in [0.15, 0.2) is 36.5 Å². The molecule has 1 aliphatic rings. The first-order chi connectivity index (χ1) is 9.99. The number of benzene rings is 1. The maximum atomic E-state index is 13.2. The fourth-order valence-electron chi connectivity index (χ4n) is 2.59. The van der Waals surface area contributed by atoms with Crippen molar-refractivity contribution < 1.29 is 17.9 Å². The average molecular weight is 297 g/mol. The van der Waals surface area contributed by atoms with Gasteiger partial charge >= 0.3 is 6.18 Å². The molecular formula is C14H14F3N3O. The molecule has 0 radical (unpaired) electrons. The van der Waals surface area contributed by atoms with Crippen molar-refractivity contribution >= 4 is 5.82 Å². The normalized spacial score (nSPS) is 21.5. The summed E-state index contributed by atoms with van der Waals surface area (Å²) in [6.45, 7) is 0. The van der Waals surface area contributed by atoms with Crippen molar-refractivity contribution in [1.82, 2.24) is 9.78 Å². The van der Waals surface area contributed by atoms with Crippen LogP contribution in [0.2, 0.25) is 0 Å². The molecular weight excluding hydrogens is 283 g/mol. The van der Waals surface area contributed by atoms with E-state index in [4.69, 9.17) is 4.74 Å². The Bertz CT molecular complexity index is 638. The Balaban J connectivity index is 1.96. The standard InChI is InChI=1S/C14H14F3N3O/c1-21-10-4-2-3-9(7-10)11-8-12(14(15,16)17)20-13(19-11)5-6-18-20/h2-7,11-12,19H,8H2,1H3/t11-,12-/m1/s1. The summed E-state index contributed by atoms with van der Waals surface area (Å²) in [7, 11) is 1.53. The van der Waals surface area contributed by atoms with Crippen LogP contribution in [0.25, 0.3) is 0 Å². The number of nitrogens with one attached hydrogen (secondary N) is 1. The molecule has 0 saturated heterocycles. The van der Waals surface area contributed by atoms with Crippen LogP contribution in [-0.4, -0.2) is 23.1 Å². The highest BCUT2D eigenvalue weighted by Crippen LogP contribution is 2.43. The Morgan fingerprint density at radius 1 is 1.33 bits per heavy atom. The van der Waals surface area contributed by atoms with Crippen LogP contribution in [0.1, 0.15) is 24.1 Å². The smallest absolute Gasteiger partial charge is 0.410 e. The van der Waals surface area contributed by atoms with Crippen molar-refractivity contribution in [3.63, 3.8) is 0 Å². The predicted octanol–water partition coefficient (Wildman–Crippen LogP) is 3.55. The molecule has 0 unspecified atom stereocenters. The van der Waals surface area contributed by atoms with E-state index in [0.717, 1.165) is 10.2 Å². The number of hydrogen-bond acceptors (Lipinski definition) is 3. The molecule has 0 spiro atoms. The average Bonchev–Trinajstić information content (AvgIpc) is 2.93. The molecule has 1 N–H and O–H groups in total. The molecule has 2 atom stereocenters. The molecule has 0 bridgehead atoms. The molecule has 0 aliphatic carbocycles. The van der Waals surface area contributed by atoms with Crippen LogP contribution in [0, 0.1) is 0 Å². The van der Waals surface area contributed by atoms with Crippen LogP contribution < -0.4 is 10.1 Å². The Morgan fingerprint density at radius 2 is 2.14 bits per heavy atom. The zero-order valence-electron chi connectivity index (χ0n) is 11.3. The predicted molar refractivity (Wildman–Crippen MR) is 71.3 cm³/mol. The first-order valence-corrected chi connectivity index (χ1v) is 6.50. The molecule has 112 valence electrons. The van der Waals surface area contributed by atoms with E-state index in [2.05, 4.69) is 10.4 Å². The fraction of sp³-hybridized carbons (Fsp3) is 0.357. The Labute approximate surface area is 119 Å². The van der Waals surface area contributed by atoms with Gasteiger partial charge in [-0.25, -0.2) is 4.68 Å². The number of aromatic nitrogens is 2. The molecule has 0 amide bonds. The molecule has 3 rings (SSSR count). The zero-order valence-corrected chi connectivity index (χ0v) is 11.3. The molecule has 1 aromatic carbocycles. The van der Waals surface area contributed by atoms with Crippen LogP contribution in [0.5, 0.6) is 5.75 Å². The van der Waals surface area contributed by atoms with Gasteiger partial charge in [0, 0.05) is 12.5 Å². The molecule has 7 heteroatoms. The van der Waals surface area contributed by atoms with E-state index in [1.807, 2.05) is 0 Å². The van der Waals surface area contributed by atoms with Gasteiger partial charge in [0.2, 0.25) is 0 Å². The zero-order chi connectivity index (χ0) is 15.0. The van der Waals surface area contributed by atoms with E-state index in [-0.39, 0.29) is 6.42 Å². The van der Waals surface area contributed by atoms with Crippen molar-refractivity contribution in [3.05, 3.63) is 42.1 Å². The first kappa shape index (κ1) is 13.8. The van der Waals surface area contributed by atoms with Gasteiger partial charge in [-0.1, -0.05) is 12.1 Å². The molecule has 0 fully saturated rings. The third-order valence-corrected chi connectivity index (χ3v) is 3.62. The van der Waals surface area contributed by atoms with Crippen LogP contribution in [0.4, 0.5) is 19.0 Å². The van der Waals surface area contributed by atoms with Gasteiger partial charge in [0.25, 0.3) is 0 Å². The molecule has 4 nitrogen and oxygen atoms in total. The lowest BCUT2D eigenvalue weighted by Gasteiger charge is -2.33. The SMILES string of the molecule is COc1cccc([C@H]2C[C@H](C(F)(F)F)n3nccc3N2)c1. The van der Waals surface area contributed by atoms with E-state index in [9.17, 15) is 13.2 Å². The van der Waals surface area contributed by atoms with Crippen molar-refractivity contribution in [3.8, 4) is 5.75 Å². The number of hydrogen-bond donors (Lipinski definition) is 1. The number of nitrogens with zero attached hydrogens (tertiary/aromatic N) is 2. The Morgan fingerprint density at radius 3 is 2.86 bits per heavy atom. The summed E-state index contributed by atoms with van der Waals surface area (Å²) in [5.74, 6) is 0.994. The molecule has 2 heterocycles. The molecule has 2 aromatic rings. The van der Waals surface area contributed by atoms with Gasteiger partial charge in [-0.2, -0.15) is 18.3 Å². The van der Waals surface area contributed by atoms with Gasteiger partial charge in [0.05, 0.1) is 19.3 Å². The molecule has 1 aromatic heterocycles. The van der Waals surface area contributed by atoms with Gasteiger partial charge in [-0.05, 0) is 17.7 Å². The third-order valence-electron chi connectivity index (χ3n) is 3.62. The number of methoxy groups -OCH3 is 1. The van der Waals surface area contributed by atoms with Gasteiger partial charge in [-0.3, -0.25) is 0 Å². The number of alkyl halides is 3. The van der Waals surface area contributed by atoms with Crippen molar-refractivity contribution in [2.75, 3.05) is 12.4 Å². The number of rotatable bonds is 2. The highest BCUT2D eigenvalue weighted by molar-refractivity contribution is 5.43. The van der Waals surface area contributed by atoms with Crippen molar-refractivity contribution in [2.24, 2.45) is 0 Å². The summed E-state index contributed by atoms with van der Waals surface area (Å²) >= 11 is 0. The summed E-state index contributed by atoms with van der Waals surface area (Å²) in [6.07, 6.45) is -3.07. The second-order valence-corrected chi connectivity index (χ2v) is 4.93. The minimum Gasteiger partial charge on any atom is -0.497 e. The first-order valence-electron chi connectivity index (χ1n) is 6.50. The summed E-state index contributed by atoms with van der Waals surface area (Å²) in [6, 6.07) is 6.56. The minimum atomic E-state index is -4.33. The van der Waals surface area contributed by atoms with Gasteiger partial charge in [0.15, 0.2) is 6.04 Å². The Kier molecular flexibility index (Phi) is 3.27. The lowest BCUT2D eigenvalue weighted by molar-refractivity contribution is -0.173. The van der Waals surface area contributed by atoms with Gasteiger partial charge in [-0.15, -0.1) is 0 Å². The van der Waals surface area contributed by atoms with E-state index in [1.165, 1.54) is 13.3 Å². The highest BCUT2D eigenvalue weighted by Gasteiger charge is 2.46. The second-order valence-electron chi connectivity index (χ2n) is 4.93. The van der Waals surface area contributed by atoms with Gasteiger partial charge < -0.3 is 10.1 Å². The highest BCUT2D eigenvalue weighted by atomic mass is 19.4. The number of halogens is 3. The lowest BCUT2D eigenvalue weighted by atomic mass is 9.97. The monoisotopic (exact) mass is 297 g/mol. The van der Waals surface area contributed by atoms with E-state index >= 15 is 0 Å². The molecule has 21 heavy (non-hydrogen) atoms. The largest absolute Gasteiger partial charge is 0.497 e. The van der Waals surface area contributed by atoms with Crippen LogP contribution >= 0.6 is 0 Å². The fourth-order valence-corrected chi connectivity index (χ4v) is 2.59. The summed E-state index contributed by atoms with van der Waals surface area (Å²) < 4.78 is 45.8. The Hall–Kier alpha value is -2.18. The lowest BCUT2D eigenvalue weighted by Crippen LogP contribution is -2.35. The number of anilines is 1. The third kappa shape index (κ3) is 2.55.